The van der Waals surface area contributed by atoms with Crippen molar-refractivity contribution in [2.24, 2.45) is 0 Å². The molecule has 12 rings (SSSR count). The number of hydrogen-bond acceptors (Lipinski definition) is 4. The van der Waals surface area contributed by atoms with E-state index in [9.17, 15) is 2.74 Å². The van der Waals surface area contributed by atoms with Gasteiger partial charge in [0.05, 0.1) is 22.1 Å². The quantitative estimate of drug-likeness (QED) is 0.108. The highest BCUT2D eigenvalue weighted by molar-refractivity contribution is 7.20. The summed E-state index contributed by atoms with van der Waals surface area (Å²) in [6.07, 6.45) is 5.31. The molecular formula is C56H41N5OSi. The smallest absolute Gasteiger partial charge is 0.220 e. The Morgan fingerprint density at radius 1 is 0.540 bits per heavy atom. The molecule has 0 amide bonds. The van der Waals surface area contributed by atoms with Crippen LogP contribution in [-0.4, -0.2) is 32.0 Å². The van der Waals surface area contributed by atoms with Gasteiger partial charge in [0.1, 0.15) is 11.5 Å². The van der Waals surface area contributed by atoms with E-state index in [0.717, 1.165) is 60.6 Å². The zero-order valence-corrected chi connectivity index (χ0v) is 35.2. The minimum absolute atomic E-state index is 0.315. The van der Waals surface area contributed by atoms with Gasteiger partial charge in [0.25, 0.3) is 0 Å². The molecule has 6 nitrogen and oxygen atoms in total. The number of rotatable bonds is 9. The topological polar surface area (TPSA) is 57.2 Å². The Morgan fingerprint density at radius 3 is 1.90 bits per heavy atom. The van der Waals surface area contributed by atoms with Crippen molar-refractivity contribution in [1.29, 1.82) is 0 Å². The molecular weight excluding hydrogens is 787 g/mol. The molecule has 0 N–H and O–H groups in total. The van der Waals surface area contributed by atoms with Crippen molar-refractivity contribution in [3.8, 4) is 17.2 Å². The third kappa shape index (κ3) is 5.81. The Balaban J connectivity index is 1.19. The summed E-state index contributed by atoms with van der Waals surface area (Å²) in [6.45, 7) is 0. The van der Waals surface area contributed by atoms with Gasteiger partial charge in [-0.05, 0) is 99.3 Å². The van der Waals surface area contributed by atoms with Gasteiger partial charge in [-0.25, -0.2) is 4.98 Å². The Labute approximate surface area is 369 Å². The molecule has 5 heterocycles. The normalized spacial score (nSPS) is 15.4. The van der Waals surface area contributed by atoms with Crippen molar-refractivity contribution in [3.63, 3.8) is 0 Å². The SMILES string of the molecule is [2H]C([2H])(c1cccnc1)C1(Cc2cccnc2)c2ccccc2Oc2c1cccc2[Si](c1ccccc1)(c1ccccc1)c1cccc(-n2c3ccccc3n3c4ccccc4nc23)c1. The fourth-order valence-corrected chi connectivity index (χ4v) is 15.0. The first kappa shape index (κ1) is 34.8. The maximum atomic E-state index is 10.5. The van der Waals surface area contributed by atoms with Crippen LogP contribution in [0.3, 0.4) is 0 Å². The largest absolute Gasteiger partial charge is 0.457 e. The van der Waals surface area contributed by atoms with Crippen molar-refractivity contribution in [2.45, 2.75) is 18.2 Å². The monoisotopic (exact) mass is 829 g/mol. The third-order valence-electron chi connectivity index (χ3n) is 12.7. The summed E-state index contributed by atoms with van der Waals surface area (Å²) in [5, 5.41) is 4.50. The van der Waals surface area contributed by atoms with Gasteiger partial charge in [0, 0.05) is 49.8 Å². The van der Waals surface area contributed by atoms with Gasteiger partial charge in [-0.3, -0.25) is 18.9 Å². The Kier molecular flexibility index (Phi) is 8.25. The van der Waals surface area contributed by atoms with Gasteiger partial charge in [-0.2, -0.15) is 0 Å². The predicted octanol–water partition coefficient (Wildman–Crippen LogP) is 9.48. The van der Waals surface area contributed by atoms with Crippen LogP contribution >= 0.6 is 0 Å². The first-order valence-electron chi connectivity index (χ1n) is 22.3. The molecule has 0 aliphatic carbocycles. The van der Waals surface area contributed by atoms with Gasteiger partial charge in [-0.1, -0.05) is 146 Å². The van der Waals surface area contributed by atoms with Crippen molar-refractivity contribution < 1.29 is 7.48 Å². The average molecular weight is 830 g/mol. The molecule has 0 saturated carbocycles. The summed E-state index contributed by atoms with van der Waals surface area (Å²) in [4.78, 5) is 14.2. The number of fused-ring (bicyclic) bond motifs is 7. The number of imidazole rings is 2. The van der Waals surface area contributed by atoms with Gasteiger partial charge < -0.3 is 4.74 Å². The first-order chi connectivity index (χ1) is 32.0. The van der Waals surface area contributed by atoms with E-state index in [1.165, 1.54) is 10.4 Å². The second kappa shape index (κ2) is 14.9. The molecule has 0 bridgehead atoms. The fraction of sp³-hybridized carbons (Fsp3) is 0.0536. The standard InChI is InChI=1S/C56H41N5OSi/c1-3-20-43(21-4-1)63(44-22-5-2-6-23-44,45-24-13-19-42(35-45)60-50-29-10-11-30-51(50)61-49-28-9-8-27-48(49)59-55(60)61)53-32-14-26-47-54(53)62-52-31-12-7-25-46(52)56(47,36-40-17-15-33-57-38-40)37-41-18-16-34-58-39-41/h1-35,38-39H,36-37H2/i36D2. The second-order valence-corrected chi connectivity index (χ2v) is 20.0. The van der Waals surface area contributed by atoms with E-state index in [1.54, 1.807) is 18.6 Å². The van der Waals surface area contributed by atoms with Crippen LogP contribution in [0, 0.1) is 0 Å². The number of benzene rings is 7. The van der Waals surface area contributed by atoms with E-state index in [2.05, 4.69) is 165 Å². The summed E-state index contributed by atoms with van der Waals surface area (Å²) < 4.78 is 32.9. The van der Waals surface area contributed by atoms with E-state index < -0.39 is 19.9 Å². The summed E-state index contributed by atoms with van der Waals surface area (Å²) in [5.74, 6) is 2.13. The molecule has 7 heteroatoms. The summed E-state index contributed by atoms with van der Waals surface area (Å²) in [5.41, 5.74) is 6.76. The van der Waals surface area contributed by atoms with Crippen LogP contribution < -0.4 is 25.5 Å². The molecule has 0 saturated heterocycles. The molecule has 0 spiro atoms. The van der Waals surface area contributed by atoms with E-state index in [-0.39, 0.29) is 0 Å². The van der Waals surface area contributed by atoms with Crippen molar-refractivity contribution >= 4 is 56.7 Å². The lowest BCUT2D eigenvalue weighted by atomic mass is 9.65. The number of ether oxygens (including phenoxy) is 1. The minimum atomic E-state index is -3.42. The van der Waals surface area contributed by atoms with E-state index >= 15 is 0 Å². The average Bonchev–Trinajstić information content (AvgIpc) is 3.90. The maximum Gasteiger partial charge on any atom is 0.220 e. The van der Waals surface area contributed by atoms with Crippen LogP contribution in [0.2, 0.25) is 0 Å². The van der Waals surface area contributed by atoms with Crippen molar-refractivity contribution in [2.75, 3.05) is 0 Å². The molecule has 7 aromatic carbocycles. The zero-order valence-electron chi connectivity index (χ0n) is 36.2. The van der Waals surface area contributed by atoms with Crippen LogP contribution in [0.5, 0.6) is 11.5 Å². The lowest BCUT2D eigenvalue weighted by Crippen LogP contribution is -2.75. The molecule has 11 aromatic rings. The highest BCUT2D eigenvalue weighted by Gasteiger charge is 2.49. The van der Waals surface area contributed by atoms with Gasteiger partial charge in [-0.15, -0.1) is 0 Å². The van der Waals surface area contributed by atoms with Crippen molar-refractivity contribution in [3.05, 3.63) is 247 Å². The zero-order chi connectivity index (χ0) is 43.6. The summed E-state index contributed by atoms with van der Waals surface area (Å²) in [7, 11) is -3.42. The Hall–Kier alpha value is -7.87. The molecule has 1 unspecified atom stereocenters. The van der Waals surface area contributed by atoms with Crippen LogP contribution in [0.15, 0.2) is 225 Å². The fourth-order valence-electron chi connectivity index (χ4n) is 10.1. The Bertz CT molecular complexity index is 3500. The van der Waals surface area contributed by atoms with Gasteiger partial charge in [0.15, 0.2) is 8.07 Å². The van der Waals surface area contributed by atoms with Crippen LogP contribution in [-0.2, 0) is 18.2 Å². The number of aromatic nitrogens is 5. The molecule has 0 fully saturated rings. The van der Waals surface area contributed by atoms with E-state index in [0.29, 0.717) is 23.5 Å². The van der Waals surface area contributed by atoms with Gasteiger partial charge >= 0.3 is 0 Å². The maximum absolute atomic E-state index is 10.5. The van der Waals surface area contributed by atoms with Crippen LogP contribution in [0.1, 0.15) is 25.0 Å². The van der Waals surface area contributed by atoms with E-state index in [1.807, 2.05) is 60.8 Å². The van der Waals surface area contributed by atoms with Gasteiger partial charge in [0.2, 0.25) is 5.78 Å². The van der Waals surface area contributed by atoms with Crippen molar-refractivity contribution in [1.82, 2.24) is 23.9 Å². The molecule has 1 atom stereocenters. The molecule has 1 aliphatic rings. The molecule has 4 aromatic heterocycles. The highest BCUT2D eigenvalue weighted by atomic mass is 28.3. The molecule has 1 aliphatic heterocycles. The second-order valence-electron chi connectivity index (χ2n) is 16.2. The summed E-state index contributed by atoms with van der Waals surface area (Å²) in [6, 6.07) is 69.5. The minimum Gasteiger partial charge on any atom is -0.457 e. The number of para-hydroxylation sites is 6. The summed E-state index contributed by atoms with van der Waals surface area (Å²) >= 11 is 0. The number of hydrogen-bond donors (Lipinski definition) is 0. The van der Waals surface area contributed by atoms with Crippen LogP contribution in [0.4, 0.5) is 0 Å². The molecule has 63 heavy (non-hydrogen) atoms. The first-order valence-corrected chi connectivity index (χ1v) is 23.3. The number of nitrogens with zero attached hydrogens (tertiary/aromatic N) is 5. The Morgan fingerprint density at radius 2 is 1.16 bits per heavy atom. The molecule has 0 radical (unpaired) electrons. The third-order valence-corrected chi connectivity index (χ3v) is 17.5. The van der Waals surface area contributed by atoms with E-state index in [4.69, 9.17) is 9.72 Å². The number of pyridine rings is 2. The lowest BCUT2D eigenvalue weighted by molar-refractivity contribution is 0.387. The lowest BCUT2D eigenvalue weighted by Gasteiger charge is -2.44. The molecule has 300 valence electrons. The van der Waals surface area contributed by atoms with Crippen LogP contribution in [0.25, 0.3) is 33.5 Å². The highest BCUT2D eigenvalue weighted by Crippen LogP contribution is 2.51. The predicted molar refractivity (Wildman–Crippen MR) is 256 cm³/mol.